The fraction of sp³-hybridized carbons (Fsp3) is 0.231. The van der Waals surface area contributed by atoms with Crippen molar-refractivity contribution in [3.63, 3.8) is 0 Å². The van der Waals surface area contributed by atoms with Crippen LogP contribution in [-0.4, -0.2) is 32.0 Å². The molecule has 0 saturated heterocycles. The average molecular weight is 435 g/mol. The molecule has 1 aromatic carbocycles. The van der Waals surface area contributed by atoms with Gasteiger partial charge in [-0.05, 0) is 62.3 Å². The summed E-state index contributed by atoms with van der Waals surface area (Å²) >= 11 is 5.54. The van der Waals surface area contributed by atoms with Crippen LogP contribution in [0, 0.1) is 14.9 Å². The Labute approximate surface area is 134 Å². The van der Waals surface area contributed by atoms with E-state index in [-0.39, 0.29) is 11.5 Å². The maximum absolute atomic E-state index is 11.8. The fourth-order valence-electron chi connectivity index (χ4n) is 1.41. The van der Waals surface area contributed by atoms with Gasteiger partial charge in [0.2, 0.25) is 0 Å². The molecule has 19 heavy (non-hydrogen) atoms. The first-order chi connectivity index (χ1) is 8.90. The standard InChI is InChI=1S/C13H12BrIN2O2/c1-17(2)13(18)9(7-16)4-8-5-10(14)12(19-3)11(15)6-8/h4-6H,1-3H3/b9-4-. The summed E-state index contributed by atoms with van der Waals surface area (Å²) in [7, 11) is 4.82. The third-order valence-electron chi connectivity index (χ3n) is 2.29. The molecule has 100 valence electrons. The molecule has 0 heterocycles. The third kappa shape index (κ3) is 3.94. The first-order valence-electron chi connectivity index (χ1n) is 5.27. The number of ether oxygens (including phenoxy) is 1. The monoisotopic (exact) mass is 434 g/mol. The second-order valence-electron chi connectivity index (χ2n) is 3.89. The Kier molecular flexibility index (Phi) is 5.82. The molecule has 1 aromatic rings. The number of halogens is 2. The van der Waals surface area contributed by atoms with Gasteiger partial charge in [-0.25, -0.2) is 0 Å². The lowest BCUT2D eigenvalue weighted by atomic mass is 10.1. The maximum Gasteiger partial charge on any atom is 0.264 e. The van der Waals surface area contributed by atoms with Crippen molar-refractivity contribution in [1.82, 2.24) is 4.90 Å². The maximum atomic E-state index is 11.8. The third-order valence-corrected chi connectivity index (χ3v) is 3.68. The average Bonchev–Trinajstić information content (AvgIpc) is 2.34. The van der Waals surface area contributed by atoms with E-state index in [9.17, 15) is 4.79 Å². The second-order valence-corrected chi connectivity index (χ2v) is 5.90. The Bertz CT molecular complexity index is 553. The van der Waals surface area contributed by atoms with Gasteiger partial charge in [0, 0.05) is 14.1 Å². The summed E-state index contributed by atoms with van der Waals surface area (Å²) < 4.78 is 6.91. The van der Waals surface area contributed by atoms with Crippen LogP contribution in [0.15, 0.2) is 22.2 Å². The molecule has 0 aliphatic carbocycles. The van der Waals surface area contributed by atoms with E-state index in [1.165, 1.54) is 4.90 Å². The number of carbonyl (C=O) groups excluding carboxylic acids is 1. The topological polar surface area (TPSA) is 53.3 Å². The lowest BCUT2D eigenvalue weighted by Crippen LogP contribution is -2.22. The molecule has 0 atom stereocenters. The number of rotatable bonds is 3. The summed E-state index contributed by atoms with van der Waals surface area (Å²) in [6.07, 6.45) is 1.56. The minimum absolute atomic E-state index is 0.0952. The van der Waals surface area contributed by atoms with Crippen molar-refractivity contribution in [2.75, 3.05) is 21.2 Å². The van der Waals surface area contributed by atoms with Crippen molar-refractivity contribution < 1.29 is 9.53 Å². The Morgan fingerprint density at radius 1 is 1.53 bits per heavy atom. The Hall–Kier alpha value is -1.07. The van der Waals surface area contributed by atoms with Crippen LogP contribution in [-0.2, 0) is 4.79 Å². The number of carbonyl (C=O) groups is 1. The minimum Gasteiger partial charge on any atom is -0.494 e. The van der Waals surface area contributed by atoms with E-state index in [1.54, 1.807) is 33.3 Å². The predicted octanol–water partition coefficient (Wildman–Crippen LogP) is 3.06. The Morgan fingerprint density at radius 2 is 2.16 bits per heavy atom. The van der Waals surface area contributed by atoms with E-state index < -0.39 is 0 Å². The number of likely N-dealkylation sites (N-methyl/N-ethyl adjacent to an activating group) is 1. The molecule has 0 aromatic heterocycles. The van der Waals surface area contributed by atoms with Crippen LogP contribution in [0.2, 0.25) is 0 Å². The molecule has 1 amide bonds. The molecule has 0 fully saturated rings. The van der Waals surface area contributed by atoms with Crippen LogP contribution in [0.1, 0.15) is 5.56 Å². The molecule has 1 rings (SSSR count). The number of methoxy groups -OCH3 is 1. The number of benzene rings is 1. The molecule has 0 radical (unpaired) electrons. The van der Waals surface area contributed by atoms with E-state index in [1.807, 2.05) is 12.1 Å². The Morgan fingerprint density at radius 3 is 2.58 bits per heavy atom. The van der Waals surface area contributed by atoms with Crippen LogP contribution in [0.4, 0.5) is 0 Å². The summed E-state index contributed by atoms with van der Waals surface area (Å²) in [4.78, 5) is 13.1. The number of hydrogen-bond donors (Lipinski definition) is 0. The van der Waals surface area contributed by atoms with Crippen molar-refractivity contribution in [3.8, 4) is 11.8 Å². The first kappa shape index (κ1) is 16.0. The van der Waals surface area contributed by atoms with Gasteiger partial charge in [0.1, 0.15) is 17.4 Å². The summed E-state index contributed by atoms with van der Waals surface area (Å²) in [6, 6.07) is 5.58. The highest BCUT2D eigenvalue weighted by Crippen LogP contribution is 2.32. The highest BCUT2D eigenvalue weighted by molar-refractivity contribution is 14.1. The van der Waals surface area contributed by atoms with Gasteiger partial charge in [-0.2, -0.15) is 5.26 Å². The molecular formula is C13H12BrIN2O2. The summed E-state index contributed by atoms with van der Waals surface area (Å²) in [6.45, 7) is 0. The lowest BCUT2D eigenvalue weighted by Gasteiger charge is -2.10. The molecular weight excluding hydrogens is 423 g/mol. The van der Waals surface area contributed by atoms with Crippen LogP contribution in [0.3, 0.4) is 0 Å². The highest BCUT2D eigenvalue weighted by Gasteiger charge is 2.12. The van der Waals surface area contributed by atoms with Crippen molar-refractivity contribution >= 4 is 50.5 Å². The lowest BCUT2D eigenvalue weighted by molar-refractivity contribution is -0.124. The van der Waals surface area contributed by atoms with Gasteiger partial charge < -0.3 is 9.64 Å². The van der Waals surface area contributed by atoms with E-state index in [0.717, 1.165) is 19.4 Å². The van der Waals surface area contributed by atoms with E-state index in [4.69, 9.17) is 10.00 Å². The molecule has 6 heteroatoms. The molecule has 0 N–H and O–H groups in total. The summed E-state index contributed by atoms with van der Waals surface area (Å²) in [5.41, 5.74) is 0.863. The molecule has 0 aliphatic rings. The molecule has 4 nitrogen and oxygen atoms in total. The highest BCUT2D eigenvalue weighted by atomic mass is 127. The van der Waals surface area contributed by atoms with Crippen molar-refractivity contribution in [2.45, 2.75) is 0 Å². The van der Waals surface area contributed by atoms with E-state index >= 15 is 0 Å². The van der Waals surface area contributed by atoms with Gasteiger partial charge in [0.15, 0.2) is 0 Å². The van der Waals surface area contributed by atoms with Crippen LogP contribution < -0.4 is 4.74 Å². The molecule has 0 unspecified atom stereocenters. The van der Waals surface area contributed by atoms with Crippen LogP contribution >= 0.6 is 38.5 Å². The number of nitriles is 1. The summed E-state index contributed by atoms with van der Waals surface area (Å²) in [5, 5.41) is 9.04. The minimum atomic E-state index is -0.315. The van der Waals surface area contributed by atoms with Crippen molar-refractivity contribution in [3.05, 3.63) is 31.3 Å². The summed E-state index contributed by atoms with van der Waals surface area (Å²) in [5.74, 6) is 0.416. The largest absolute Gasteiger partial charge is 0.494 e. The normalized spacial score (nSPS) is 10.8. The smallest absolute Gasteiger partial charge is 0.264 e. The molecule has 0 aliphatic heterocycles. The van der Waals surface area contributed by atoms with Gasteiger partial charge in [-0.3, -0.25) is 4.79 Å². The quantitative estimate of drug-likeness (QED) is 0.417. The van der Waals surface area contributed by atoms with Gasteiger partial charge in [0.05, 0.1) is 15.2 Å². The van der Waals surface area contributed by atoms with E-state index in [0.29, 0.717) is 0 Å². The number of nitrogens with zero attached hydrogens (tertiary/aromatic N) is 2. The predicted molar refractivity (Wildman–Crippen MR) is 85.7 cm³/mol. The zero-order valence-electron chi connectivity index (χ0n) is 10.7. The van der Waals surface area contributed by atoms with Gasteiger partial charge in [-0.15, -0.1) is 0 Å². The van der Waals surface area contributed by atoms with Crippen LogP contribution in [0.25, 0.3) is 6.08 Å². The van der Waals surface area contributed by atoms with Gasteiger partial charge in [0.25, 0.3) is 5.91 Å². The fourth-order valence-corrected chi connectivity index (χ4v) is 3.29. The van der Waals surface area contributed by atoms with E-state index in [2.05, 4.69) is 38.5 Å². The zero-order chi connectivity index (χ0) is 14.6. The number of amides is 1. The first-order valence-corrected chi connectivity index (χ1v) is 7.14. The molecule has 0 saturated carbocycles. The second kappa shape index (κ2) is 6.91. The zero-order valence-corrected chi connectivity index (χ0v) is 14.4. The van der Waals surface area contributed by atoms with Crippen LogP contribution in [0.5, 0.6) is 5.75 Å². The number of hydrogen-bond acceptors (Lipinski definition) is 3. The van der Waals surface area contributed by atoms with Gasteiger partial charge >= 0.3 is 0 Å². The Balaban J connectivity index is 3.25. The molecule has 0 bridgehead atoms. The van der Waals surface area contributed by atoms with Gasteiger partial charge in [-0.1, -0.05) is 0 Å². The SMILES string of the molecule is COc1c(Br)cc(/C=C(/C#N)C(=O)N(C)C)cc1I. The molecule has 0 spiro atoms. The van der Waals surface area contributed by atoms with Crippen molar-refractivity contribution in [2.24, 2.45) is 0 Å². The van der Waals surface area contributed by atoms with Crippen molar-refractivity contribution in [1.29, 1.82) is 5.26 Å².